The molecule has 0 amide bonds. The molecule has 4 rings (SSSR count). The first-order valence-corrected chi connectivity index (χ1v) is 8.67. The molecule has 3 heterocycles. The summed E-state index contributed by atoms with van der Waals surface area (Å²) in [5, 5.41) is 4.32. The Balaban J connectivity index is 1.87. The summed E-state index contributed by atoms with van der Waals surface area (Å²) in [6.07, 6.45) is 4.99. The second kappa shape index (κ2) is 7.28. The van der Waals surface area contributed by atoms with Gasteiger partial charge in [-0.25, -0.2) is 4.39 Å². The Bertz CT molecular complexity index is 1240. The second-order valence-corrected chi connectivity index (χ2v) is 6.40. The first kappa shape index (κ1) is 17.9. The number of benzene rings is 1. The van der Waals surface area contributed by atoms with E-state index >= 15 is 0 Å². The normalized spacial score (nSPS) is 10.8. The third kappa shape index (κ3) is 3.27. The zero-order valence-electron chi connectivity index (χ0n) is 14.7. The lowest BCUT2D eigenvalue weighted by Gasteiger charge is -2.14. The fourth-order valence-electron chi connectivity index (χ4n) is 2.91. The summed E-state index contributed by atoms with van der Waals surface area (Å²) >= 11 is 5.98. The molecule has 0 radical (unpaired) electrons. The lowest BCUT2D eigenvalue weighted by molar-refractivity contribution is 0.399. The molecule has 0 fully saturated rings. The van der Waals surface area contributed by atoms with Crippen molar-refractivity contribution in [2.75, 3.05) is 12.4 Å². The molecular formula is C20H14ClFN4O2. The molecule has 0 atom stereocenters. The first-order chi connectivity index (χ1) is 13.6. The highest BCUT2D eigenvalue weighted by Gasteiger charge is 2.15. The van der Waals surface area contributed by atoms with Gasteiger partial charge in [-0.05, 0) is 36.4 Å². The van der Waals surface area contributed by atoms with E-state index in [2.05, 4.69) is 20.3 Å². The van der Waals surface area contributed by atoms with Crippen molar-refractivity contribution in [3.8, 4) is 17.0 Å². The lowest BCUT2D eigenvalue weighted by atomic mass is 10.1. The van der Waals surface area contributed by atoms with E-state index in [-0.39, 0.29) is 17.0 Å². The number of halogens is 2. The highest BCUT2D eigenvalue weighted by molar-refractivity contribution is 6.30. The number of fused-ring (bicyclic) bond motifs is 1. The first-order valence-electron chi connectivity index (χ1n) is 8.29. The van der Waals surface area contributed by atoms with Crippen molar-refractivity contribution in [3.63, 3.8) is 0 Å². The molecule has 0 bridgehead atoms. The SMILES string of the molecule is COc1[nH]c(=O)c(-c2cc(Cl)ccc2F)cc1Nc1ccnc2ccncc12. The summed E-state index contributed by atoms with van der Waals surface area (Å²) in [5.41, 5.74) is 1.64. The van der Waals surface area contributed by atoms with Gasteiger partial charge in [0.15, 0.2) is 0 Å². The van der Waals surface area contributed by atoms with Gasteiger partial charge in [-0.2, -0.15) is 0 Å². The number of ether oxygens (including phenoxy) is 1. The van der Waals surface area contributed by atoms with E-state index < -0.39 is 11.4 Å². The minimum Gasteiger partial charge on any atom is -0.481 e. The largest absolute Gasteiger partial charge is 0.481 e. The summed E-state index contributed by atoms with van der Waals surface area (Å²) in [6.45, 7) is 0. The molecule has 28 heavy (non-hydrogen) atoms. The van der Waals surface area contributed by atoms with Crippen molar-refractivity contribution in [2.24, 2.45) is 0 Å². The molecule has 6 nitrogen and oxygen atoms in total. The van der Waals surface area contributed by atoms with Crippen LogP contribution in [0.25, 0.3) is 22.0 Å². The second-order valence-electron chi connectivity index (χ2n) is 5.96. The van der Waals surface area contributed by atoms with Crippen molar-refractivity contribution in [1.82, 2.24) is 15.0 Å². The van der Waals surface area contributed by atoms with Crippen LogP contribution in [0.5, 0.6) is 5.88 Å². The van der Waals surface area contributed by atoms with Crippen LogP contribution in [0, 0.1) is 5.82 Å². The van der Waals surface area contributed by atoms with E-state index in [9.17, 15) is 9.18 Å². The molecule has 3 aromatic heterocycles. The Kier molecular flexibility index (Phi) is 4.67. The van der Waals surface area contributed by atoms with Gasteiger partial charge in [0.1, 0.15) is 11.5 Å². The van der Waals surface area contributed by atoms with Gasteiger partial charge in [0.05, 0.1) is 23.9 Å². The number of rotatable bonds is 4. The Morgan fingerprint density at radius 3 is 2.79 bits per heavy atom. The predicted octanol–water partition coefficient (Wildman–Crippen LogP) is 4.53. The molecule has 0 aliphatic rings. The molecule has 0 saturated heterocycles. The minimum atomic E-state index is -0.551. The number of nitrogens with one attached hydrogen (secondary N) is 2. The van der Waals surface area contributed by atoms with Crippen LogP contribution in [0.1, 0.15) is 0 Å². The average molecular weight is 397 g/mol. The Morgan fingerprint density at radius 2 is 1.96 bits per heavy atom. The maximum Gasteiger partial charge on any atom is 0.258 e. The number of hydrogen-bond acceptors (Lipinski definition) is 5. The number of hydrogen-bond donors (Lipinski definition) is 2. The Morgan fingerprint density at radius 1 is 1.11 bits per heavy atom. The maximum absolute atomic E-state index is 14.3. The molecular weight excluding hydrogens is 383 g/mol. The molecule has 0 spiro atoms. The van der Waals surface area contributed by atoms with E-state index in [1.807, 2.05) is 0 Å². The fraction of sp³-hybridized carbons (Fsp3) is 0.0500. The van der Waals surface area contributed by atoms with Gasteiger partial charge in [0, 0.05) is 34.6 Å². The van der Waals surface area contributed by atoms with Crippen molar-refractivity contribution in [3.05, 3.63) is 76.2 Å². The fourth-order valence-corrected chi connectivity index (χ4v) is 3.09. The van der Waals surface area contributed by atoms with Crippen molar-refractivity contribution >= 4 is 33.9 Å². The molecule has 8 heteroatoms. The monoisotopic (exact) mass is 396 g/mol. The Labute approximate surface area is 164 Å². The maximum atomic E-state index is 14.3. The number of nitrogens with zero attached hydrogens (tertiary/aromatic N) is 2. The zero-order chi connectivity index (χ0) is 19.7. The number of aromatic amines is 1. The van der Waals surface area contributed by atoms with Crippen LogP contribution in [-0.2, 0) is 0 Å². The van der Waals surface area contributed by atoms with Gasteiger partial charge in [-0.1, -0.05) is 11.6 Å². The lowest BCUT2D eigenvalue weighted by Crippen LogP contribution is -2.12. The topological polar surface area (TPSA) is 79.9 Å². The number of H-pyrrole nitrogens is 1. The van der Waals surface area contributed by atoms with Crippen molar-refractivity contribution in [1.29, 1.82) is 0 Å². The van der Waals surface area contributed by atoms with Gasteiger partial charge in [-0.3, -0.25) is 19.7 Å². The van der Waals surface area contributed by atoms with Gasteiger partial charge in [0.2, 0.25) is 5.88 Å². The van der Waals surface area contributed by atoms with Gasteiger partial charge in [0.25, 0.3) is 5.56 Å². The quantitative estimate of drug-likeness (QED) is 0.529. The standard InChI is InChI=1S/C20H14ClFN4O2/c1-28-20-18(25-17-5-7-24-16-4-6-23-10-14(16)17)9-13(19(27)26-20)12-8-11(21)2-3-15(12)22/h2-10H,1H3,(H,24,25)(H,26,27). The van der Waals surface area contributed by atoms with Gasteiger partial charge in [-0.15, -0.1) is 0 Å². The molecule has 140 valence electrons. The van der Waals surface area contributed by atoms with E-state index in [1.165, 1.54) is 31.4 Å². The number of methoxy groups -OCH3 is 1. The molecule has 0 aliphatic heterocycles. The molecule has 0 aliphatic carbocycles. The van der Waals surface area contributed by atoms with E-state index in [0.717, 1.165) is 10.9 Å². The van der Waals surface area contributed by atoms with Crippen molar-refractivity contribution < 1.29 is 9.13 Å². The predicted molar refractivity (Wildman–Crippen MR) is 107 cm³/mol. The summed E-state index contributed by atoms with van der Waals surface area (Å²) in [4.78, 5) is 23.5. The number of aromatic nitrogens is 3. The van der Waals surface area contributed by atoms with E-state index in [0.29, 0.717) is 16.4 Å². The summed E-state index contributed by atoms with van der Waals surface area (Å²) < 4.78 is 19.6. The molecule has 0 saturated carbocycles. The Hall–Kier alpha value is -3.45. The van der Waals surface area contributed by atoms with Crippen molar-refractivity contribution in [2.45, 2.75) is 0 Å². The summed E-state index contributed by atoms with van der Waals surface area (Å²) in [5.74, 6) is -0.338. The average Bonchev–Trinajstić information content (AvgIpc) is 2.71. The molecule has 4 aromatic rings. The number of anilines is 2. The molecule has 1 aromatic carbocycles. The smallest absolute Gasteiger partial charge is 0.258 e. The van der Waals surface area contributed by atoms with Crippen LogP contribution in [0.3, 0.4) is 0 Å². The van der Waals surface area contributed by atoms with Crippen LogP contribution in [0.4, 0.5) is 15.8 Å². The zero-order valence-corrected chi connectivity index (χ0v) is 15.4. The van der Waals surface area contributed by atoms with Gasteiger partial charge >= 0.3 is 0 Å². The molecule has 2 N–H and O–H groups in total. The van der Waals surface area contributed by atoms with Crippen LogP contribution < -0.4 is 15.6 Å². The van der Waals surface area contributed by atoms with E-state index in [4.69, 9.17) is 16.3 Å². The van der Waals surface area contributed by atoms with E-state index in [1.54, 1.807) is 30.7 Å². The highest BCUT2D eigenvalue weighted by atomic mass is 35.5. The highest BCUT2D eigenvalue weighted by Crippen LogP contribution is 2.32. The third-order valence-corrected chi connectivity index (χ3v) is 4.48. The van der Waals surface area contributed by atoms with Crippen LogP contribution in [-0.4, -0.2) is 22.1 Å². The third-order valence-electron chi connectivity index (χ3n) is 4.24. The summed E-state index contributed by atoms with van der Waals surface area (Å²) in [7, 11) is 1.43. The molecule has 0 unspecified atom stereocenters. The minimum absolute atomic E-state index is 0.0979. The van der Waals surface area contributed by atoms with Crippen LogP contribution in [0.15, 0.2) is 59.8 Å². The van der Waals surface area contributed by atoms with Crippen LogP contribution in [0.2, 0.25) is 5.02 Å². The number of pyridine rings is 3. The summed E-state index contributed by atoms with van der Waals surface area (Å²) in [6, 6.07) is 9.13. The van der Waals surface area contributed by atoms with Gasteiger partial charge < -0.3 is 10.1 Å². The van der Waals surface area contributed by atoms with Crippen LogP contribution >= 0.6 is 11.6 Å².